The van der Waals surface area contributed by atoms with Crippen molar-refractivity contribution < 1.29 is 14.6 Å². The Kier molecular flexibility index (Phi) is 6.66. The van der Waals surface area contributed by atoms with E-state index in [2.05, 4.69) is 37.8 Å². The van der Waals surface area contributed by atoms with Crippen molar-refractivity contribution in [2.45, 2.75) is 71.4 Å². The molecule has 1 atom stereocenters. The highest BCUT2D eigenvalue weighted by Gasteiger charge is 2.50. The van der Waals surface area contributed by atoms with Gasteiger partial charge < -0.3 is 14.7 Å². The molecule has 2 fully saturated rings. The molecule has 2 aliphatic rings. The van der Waals surface area contributed by atoms with E-state index in [0.717, 1.165) is 51.1 Å². The van der Waals surface area contributed by atoms with Crippen LogP contribution in [-0.2, 0) is 11.3 Å². The van der Waals surface area contributed by atoms with Gasteiger partial charge in [0.25, 0.3) is 0 Å². The van der Waals surface area contributed by atoms with Gasteiger partial charge in [-0.25, -0.2) is 0 Å². The van der Waals surface area contributed by atoms with Gasteiger partial charge in [0.15, 0.2) is 0 Å². The summed E-state index contributed by atoms with van der Waals surface area (Å²) in [6, 6.07) is 4.45. The number of hydrogen-bond donors (Lipinski definition) is 1. The maximum atomic E-state index is 13.3. The van der Waals surface area contributed by atoms with Crippen LogP contribution in [0.3, 0.4) is 0 Å². The number of hydrogen-bond acceptors (Lipinski definition) is 4. The fraction of sp³-hybridized carbons (Fsp3) is 0.696. The smallest absolute Gasteiger partial charge is 0.243 e. The highest BCUT2D eigenvalue weighted by molar-refractivity contribution is 5.87. The summed E-state index contributed by atoms with van der Waals surface area (Å²) >= 11 is 0. The van der Waals surface area contributed by atoms with Crippen LogP contribution in [0, 0.1) is 6.92 Å². The predicted octanol–water partition coefficient (Wildman–Crippen LogP) is 3.47. The van der Waals surface area contributed by atoms with E-state index in [9.17, 15) is 9.90 Å². The molecule has 5 nitrogen and oxygen atoms in total. The summed E-state index contributed by atoms with van der Waals surface area (Å²) in [7, 11) is 0. The van der Waals surface area contributed by atoms with Crippen LogP contribution in [0.5, 0.6) is 5.75 Å². The molecule has 1 N–H and O–H groups in total. The van der Waals surface area contributed by atoms with E-state index in [1.165, 1.54) is 16.7 Å². The van der Waals surface area contributed by atoms with Gasteiger partial charge in [-0.1, -0.05) is 19.9 Å². The number of aryl methyl sites for hydroxylation is 1. The zero-order valence-electron chi connectivity index (χ0n) is 18.0. The van der Waals surface area contributed by atoms with Gasteiger partial charge in [0.05, 0.1) is 13.2 Å². The van der Waals surface area contributed by atoms with Crippen LogP contribution in [-0.4, -0.2) is 59.2 Å². The average molecular weight is 389 g/mol. The zero-order chi connectivity index (χ0) is 20.3. The van der Waals surface area contributed by atoms with Crippen molar-refractivity contribution in [1.82, 2.24) is 9.80 Å². The van der Waals surface area contributed by atoms with Crippen LogP contribution in [0.4, 0.5) is 0 Å². The minimum absolute atomic E-state index is 0.0393. The summed E-state index contributed by atoms with van der Waals surface area (Å²) in [6.07, 6.45) is 3.94. The van der Waals surface area contributed by atoms with Crippen molar-refractivity contribution in [3.63, 3.8) is 0 Å². The molecule has 3 rings (SSSR count). The molecule has 2 saturated heterocycles. The molecule has 0 saturated carbocycles. The van der Waals surface area contributed by atoms with E-state index >= 15 is 0 Å². The van der Waals surface area contributed by atoms with E-state index in [0.29, 0.717) is 19.1 Å². The molecular formula is C23H36N2O3. The van der Waals surface area contributed by atoms with Gasteiger partial charge in [-0.2, -0.15) is 0 Å². The lowest BCUT2D eigenvalue weighted by atomic mass is 9.85. The third-order valence-electron chi connectivity index (χ3n) is 6.45. The molecule has 0 bridgehead atoms. The second-order valence-electron chi connectivity index (χ2n) is 8.58. The second-order valence-corrected chi connectivity index (χ2v) is 8.58. The SMILES string of the molecule is CCOc1cc(C)c(CN2CCCC23CCCN(CCO)C3=O)cc1C(C)C. The average Bonchev–Trinajstić information content (AvgIpc) is 3.04. The minimum atomic E-state index is -0.379. The lowest BCUT2D eigenvalue weighted by Crippen LogP contribution is -2.60. The molecule has 2 aliphatic heterocycles. The monoisotopic (exact) mass is 388 g/mol. The van der Waals surface area contributed by atoms with Crippen molar-refractivity contribution in [3.05, 3.63) is 28.8 Å². The quantitative estimate of drug-likeness (QED) is 0.777. The Morgan fingerprint density at radius 3 is 2.57 bits per heavy atom. The Labute approximate surface area is 169 Å². The number of aliphatic hydroxyl groups excluding tert-OH is 1. The predicted molar refractivity (Wildman–Crippen MR) is 112 cm³/mol. The lowest BCUT2D eigenvalue weighted by molar-refractivity contribution is -0.148. The van der Waals surface area contributed by atoms with Crippen LogP contribution in [0.2, 0.25) is 0 Å². The summed E-state index contributed by atoms with van der Waals surface area (Å²) in [5.41, 5.74) is 3.38. The number of benzene rings is 1. The third-order valence-corrected chi connectivity index (χ3v) is 6.45. The highest BCUT2D eigenvalue weighted by Crippen LogP contribution is 2.40. The number of ether oxygens (including phenoxy) is 1. The maximum Gasteiger partial charge on any atom is 0.243 e. The number of likely N-dealkylation sites (tertiary alicyclic amines) is 2. The molecule has 0 aromatic heterocycles. The van der Waals surface area contributed by atoms with Crippen molar-refractivity contribution in [1.29, 1.82) is 0 Å². The molecule has 2 heterocycles. The summed E-state index contributed by atoms with van der Waals surface area (Å²) in [5, 5.41) is 9.34. The molecule has 1 aromatic rings. The van der Waals surface area contributed by atoms with E-state index in [-0.39, 0.29) is 18.1 Å². The number of carbonyl (C=O) groups excluding carboxylic acids is 1. The van der Waals surface area contributed by atoms with Crippen LogP contribution in [0.15, 0.2) is 12.1 Å². The number of aliphatic hydroxyl groups is 1. The molecule has 0 radical (unpaired) electrons. The lowest BCUT2D eigenvalue weighted by Gasteiger charge is -2.44. The number of nitrogens with zero attached hydrogens (tertiary/aromatic N) is 2. The fourth-order valence-corrected chi connectivity index (χ4v) is 4.94. The molecule has 28 heavy (non-hydrogen) atoms. The first-order valence-corrected chi connectivity index (χ1v) is 10.8. The van der Waals surface area contributed by atoms with E-state index in [1.807, 2.05) is 11.8 Å². The molecule has 5 heteroatoms. The van der Waals surface area contributed by atoms with E-state index < -0.39 is 0 Å². The van der Waals surface area contributed by atoms with Crippen LogP contribution < -0.4 is 4.74 Å². The van der Waals surface area contributed by atoms with Crippen LogP contribution in [0.1, 0.15) is 69.1 Å². The first-order valence-electron chi connectivity index (χ1n) is 10.8. The zero-order valence-corrected chi connectivity index (χ0v) is 18.0. The van der Waals surface area contributed by atoms with Gasteiger partial charge in [-0.3, -0.25) is 9.69 Å². The van der Waals surface area contributed by atoms with Crippen molar-refractivity contribution in [3.8, 4) is 5.75 Å². The second kappa shape index (κ2) is 8.83. The molecule has 0 aliphatic carbocycles. The van der Waals surface area contributed by atoms with Crippen LogP contribution in [0.25, 0.3) is 0 Å². The Balaban J connectivity index is 1.88. The van der Waals surface area contributed by atoms with Crippen molar-refractivity contribution in [2.24, 2.45) is 0 Å². The normalized spacial score (nSPS) is 23.2. The van der Waals surface area contributed by atoms with E-state index in [1.54, 1.807) is 0 Å². The molecular weight excluding hydrogens is 352 g/mol. The molecule has 1 amide bonds. The molecule has 1 spiro atoms. The standard InChI is InChI=1S/C23H36N2O3/c1-5-28-21-14-18(4)19(15-20(21)17(2)3)16-25-11-7-9-23(25)8-6-10-24(12-13-26)22(23)27/h14-15,17,26H,5-13,16H2,1-4H3. The Morgan fingerprint density at radius 1 is 1.21 bits per heavy atom. The van der Waals surface area contributed by atoms with Crippen molar-refractivity contribution >= 4 is 5.91 Å². The number of carbonyl (C=O) groups is 1. The Hall–Kier alpha value is -1.59. The molecule has 1 unspecified atom stereocenters. The maximum absolute atomic E-state index is 13.3. The third kappa shape index (κ3) is 3.92. The van der Waals surface area contributed by atoms with Gasteiger partial charge in [-0.15, -0.1) is 0 Å². The number of amides is 1. The topological polar surface area (TPSA) is 53.0 Å². The van der Waals surface area contributed by atoms with Crippen LogP contribution >= 0.6 is 0 Å². The Morgan fingerprint density at radius 2 is 1.93 bits per heavy atom. The molecule has 156 valence electrons. The summed E-state index contributed by atoms with van der Waals surface area (Å²) in [4.78, 5) is 17.6. The number of β-amino-alcohol motifs (C(OH)–C–C–N with tert-alkyl or cyclic N) is 1. The highest BCUT2D eigenvalue weighted by atomic mass is 16.5. The summed E-state index contributed by atoms with van der Waals surface area (Å²) in [5.74, 6) is 1.60. The minimum Gasteiger partial charge on any atom is -0.494 e. The first-order chi connectivity index (χ1) is 13.4. The summed E-state index contributed by atoms with van der Waals surface area (Å²) in [6.45, 7) is 12.3. The number of piperidine rings is 1. The Bertz CT molecular complexity index is 701. The molecule has 1 aromatic carbocycles. The van der Waals surface area contributed by atoms with Gasteiger partial charge in [0.2, 0.25) is 5.91 Å². The van der Waals surface area contributed by atoms with Gasteiger partial charge in [0.1, 0.15) is 11.3 Å². The largest absolute Gasteiger partial charge is 0.494 e. The fourth-order valence-electron chi connectivity index (χ4n) is 4.94. The number of rotatable bonds is 7. The van der Waals surface area contributed by atoms with E-state index in [4.69, 9.17) is 4.74 Å². The first kappa shape index (κ1) is 21.1. The van der Waals surface area contributed by atoms with Crippen molar-refractivity contribution in [2.75, 3.05) is 32.8 Å². The summed E-state index contributed by atoms with van der Waals surface area (Å²) < 4.78 is 5.87. The van der Waals surface area contributed by atoms with Gasteiger partial charge >= 0.3 is 0 Å². The van der Waals surface area contributed by atoms with Gasteiger partial charge in [-0.05, 0) is 74.8 Å². The van der Waals surface area contributed by atoms with Gasteiger partial charge in [0, 0.05) is 19.6 Å².